The summed E-state index contributed by atoms with van der Waals surface area (Å²) in [6, 6.07) is 9.63. The monoisotopic (exact) mass is 261 g/mol. The van der Waals surface area contributed by atoms with E-state index in [1.807, 2.05) is 37.3 Å². The molecule has 0 radical (unpaired) electrons. The molecule has 0 aliphatic heterocycles. The Labute approximate surface area is 112 Å². The first-order chi connectivity index (χ1) is 8.84. The normalized spacial score (nSPS) is 13.9. The van der Waals surface area contributed by atoms with Crippen molar-refractivity contribution in [2.45, 2.75) is 32.4 Å². The van der Waals surface area contributed by atoms with Crippen molar-refractivity contribution >= 4 is 16.9 Å². The summed E-state index contributed by atoms with van der Waals surface area (Å²) in [4.78, 5) is 13.1. The summed E-state index contributed by atoms with van der Waals surface area (Å²) < 4.78 is 5.79. The lowest BCUT2D eigenvalue weighted by atomic mass is 10.0. The van der Waals surface area contributed by atoms with Crippen molar-refractivity contribution in [2.75, 3.05) is 7.05 Å². The van der Waals surface area contributed by atoms with E-state index in [-0.39, 0.29) is 6.04 Å². The largest absolute Gasteiger partial charge is 0.480 e. The zero-order chi connectivity index (χ0) is 14.2. The van der Waals surface area contributed by atoms with Crippen LogP contribution in [0.15, 0.2) is 34.7 Å². The molecule has 1 aromatic heterocycles. The van der Waals surface area contributed by atoms with Crippen molar-refractivity contribution in [3.8, 4) is 0 Å². The van der Waals surface area contributed by atoms with Crippen molar-refractivity contribution in [3.63, 3.8) is 0 Å². The first-order valence-corrected chi connectivity index (χ1v) is 6.29. The van der Waals surface area contributed by atoms with Crippen LogP contribution in [0.25, 0.3) is 11.0 Å². The van der Waals surface area contributed by atoms with Gasteiger partial charge in [-0.05, 0) is 40.0 Å². The molecule has 0 saturated heterocycles. The molecule has 4 heteroatoms. The fourth-order valence-corrected chi connectivity index (χ4v) is 2.03. The molecule has 2 rings (SSSR count). The summed E-state index contributed by atoms with van der Waals surface area (Å²) in [7, 11) is 1.80. The predicted octanol–water partition coefficient (Wildman–Crippen LogP) is 3.29. The van der Waals surface area contributed by atoms with E-state index < -0.39 is 11.5 Å². The first kappa shape index (κ1) is 13.6. The van der Waals surface area contributed by atoms with Crippen LogP contribution in [0.1, 0.15) is 32.6 Å². The highest BCUT2D eigenvalue weighted by Crippen LogP contribution is 2.30. The van der Waals surface area contributed by atoms with Gasteiger partial charge in [-0.3, -0.25) is 9.69 Å². The Balaban J connectivity index is 2.33. The number of benzene rings is 1. The number of nitrogens with zero attached hydrogens (tertiary/aromatic N) is 1. The molecule has 4 nitrogen and oxygen atoms in total. The third kappa shape index (κ3) is 2.36. The maximum Gasteiger partial charge on any atom is 0.323 e. The van der Waals surface area contributed by atoms with Crippen LogP contribution in [0, 0.1) is 0 Å². The number of rotatable bonds is 4. The van der Waals surface area contributed by atoms with Gasteiger partial charge in [-0.1, -0.05) is 18.2 Å². The molecule has 2 aromatic rings. The minimum atomic E-state index is -0.946. The van der Waals surface area contributed by atoms with Crippen LogP contribution in [0.4, 0.5) is 0 Å². The highest BCUT2D eigenvalue weighted by molar-refractivity contribution is 5.78. The number of fused-ring (bicyclic) bond motifs is 1. The van der Waals surface area contributed by atoms with Crippen LogP contribution >= 0.6 is 0 Å². The molecule has 1 aromatic carbocycles. The van der Waals surface area contributed by atoms with Crippen molar-refractivity contribution in [1.82, 2.24) is 4.90 Å². The van der Waals surface area contributed by atoms with Crippen LogP contribution in [-0.2, 0) is 4.79 Å². The molecule has 0 spiro atoms. The van der Waals surface area contributed by atoms with E-state index in [4.69, 9.17) is 4.42 Å². The second-order valence-corrected chi connectivity index (χ2v) is 5.34. The van der Waals surface area contributed by atoms with Gasteiger partial charge in [0.1, 0.15) is 16.9 Å². The number of aliphatic carboxylic acids is 1. The molecule has 0 saturated carbocycles. The molecule has 102 valence electrons. The topological polar surface area (TPSA) is 53.7 Å². The molecule has 1 N–H and O–H groups in total. The third-order valence-electron chi connectivity index (χ3n) is 3.84. The highest BCUT2D eigenvalue weighted by Gasteiger charge is 2.36. The summed E-state index contributed by atoms with van der Waals surface area (Å²) in [6.45, 7) is 5.32. The Hall–Kier alpha value is -1.81. The molecule has 1 unspecified atom stereocenters. The number of hydrogen-bond donors (Lipinski definition) is 1. The molecular formula is C15H19NO3. The average molecular weight is 261 g/mol. The summed E-state index contributed by atoms with van der Waals surface area (Å²) >= 11 is 0. The smallest absolute Gasteiger partial charge is 0.323 e. The quantitative estimate of drug-likeness (QED) is 0.917. The standard InChI is InChI=1S/C15H19NO3/c1-10(16(4)15(2,3)14(17)18)13-9-11-7-5-6-8-12(11)19-13/h5-10H,1-4H3,(H,17,18). The molecule has 0 aliphatic carbocycles. The van der Waals surface area contributed by atoms with E-state index in [1.165, 1.54) is 0 Å². The average Bonchev–Trinajstić information content (AvgIpc) is 2.80. The van der Waals surface area contributed by atoms with E-state index in [0.29, 0.717) is 0 Å². The second kappa shape index (κ2) is 4.70. The fourth-order valence-electron chi connectivity index (χ4n) is 2.03. The lowest BCUT2D eigenvalue weighted by Crippen LogP contribution is -2.48. The number of carboxylic acids is 1. The van der Waals surface area contributed by atoms with E-state index in [1.54, 1.807) is 25.8 Å². The van der Waals surface area contributed by atoms with Gasteiger partial charge in [0, 0.05) is 5.39 Å². The van der Waals surface area contributed by atoms with Gasteiger partial charge >= 0.3 is 5.97 Å². The lowest BCUT2D eigenvalue weighted by molar-refractivity contribution is -0.150. The van der Waals surface area contributed by atoms with E-state index in [9.17, 15) is 9.90 Å². The number of para-hydroxylation sites is 1. The van der Waals surface area contributed by atoms with Crippen molar-refractivity contribution in [3.05, 3.63) is 36.1 Å². The second-order valence-electron chi connectivity index (χ2n) is 5.34. The van der Waals surface area contributed by atoms with Gasteiger partial charge < -0.3 is 9.52 Å². The Bertz CT molecular complexity index is 567. The Morgan fingerprint density at radius 2 is 2.00 bits per heavy atom. The number of furan rings is 1. The third-order valence-corrected chi connectivity index (χ3v) is 3.84. The van der Waals surface area contributed by atoms with E-state index in [0.717, 1.165) is 16.7 Å². The van der Waals surface area contributed by atoms with Gasteiger partial charge in [-0.2, -0.15) is 0 Å². The highest BCUT2D eigenvalue weighted by atomic mass is 16.4. The Morgan fingerprint density at radius 3 is 2.58 bits per heavy atom. The van der Waals surface area contributed by atoms with E-state index >= 15 is 0 Å². The number of likely N-dealkylation sites (N-methyl/N-ethyl adjacent to an activating group) is 1. The SMILES string of the molecule is CC(c1cc2ccccc2o1)N(C)C(C)(C)C(=O)O. The fraction of sp³-hybridized carbons (Fsp3) is 0.400. The summed E-state index contributed by atoms with van der Waals surface area (Å²) in [6.07, 6.45) is 0. The van der Waals surface area contributed by atoms with Crippen molar-refractivity contribution in [1.29, 1.82) is 0 Å². The first-order valence-electron chi connectivity index (χ1n) is 6.29. The molecule has 0 fully saturated rings. The van der Waals surface area contributed by atoms with Crippen LogP contribution in [0.3, 0.4) is 0 Å². The van der Waals surface area contributed by atoms with Gasteiger partial charge in [0.15, 0.2) is 0 Å². The molecular weight excluding hydrogens is 242 g/mol. The van der Waals surface area contributed by atoms with Crippen molar-refractivity contribution < 1.29 is 14.3 Å². The maximum absolute atomic E-state index is 11.3. The molecule has 0 bridgehead atoms. The van der Waals surface area contributed by atoms with Crippen LogP contribution in [0.2, 0.25) is 0 Å². The molecule has 19 heavy (non-hydrogen) atoms. The van der Waals surface area contributed by atoms with Crippen LogP contribution in [0.5, 0.6) is 0 Å². The van der Waals surface area contributed by atoms with Gasteiger partial charge in [0.25, 0.3) is 0 Å². The van der Waals surface area contributed by atoms with Gasteiger partial charge in [-0.15, -0.1) is 0 Å². The summed E-state index contributed by atoms with van der Waals surface area (Å²) in [5.41, 5.74) is -0.121. The Kier molecular flexibility index (Phi) is 3.37. The summed E-state index contributed by atoms with van der Waals surface area (Å²) in [5.74, 6) is -0.0732. The minimum absolute atomic E-state index is 0.113. The number of carboxylic acid groups (broad SMARTS) is 1. The van der Waals surface area contributed by atoms with Gasteiger partial charge in [0.2, 0.25) is 0 Å². The Morgan fingerprint density at radius 1 is 1.37 bits per heavy atom. The zero-order valence-corrected chi connectivity index (χ0v) is 11.7. The summed E-state index contributed by atoms with van der Waals surface area (Å²) in [5, 5.41) is 10.3. The van der Waals surface area contributed by atoms with Gasteiger partial charge in [-0.25, -0.2) is 0 Å². The van der Waals surface area contributed by atoms with Crippen LogP contribution < -0.4 is 0 Å². The predicted molar refractivity (Wildman–Crippen MR) is 74.1 cm³/mol. The molecule has 0 amide bonds. The number of hydrogen-bond acceptors (Lipinski definition) is 3. The molecule has 1 heterocycles. The van der Waals surface area contributed by atoms with Crippen LogP contribution in [-0.4, -0.2) is 28.6 Å². The zero-order valence-electron chi connectivity index (χ0n) is 11.7. The maximum atomic E-state index is 11.3. The van der Waals surface area contributed by atoms with Gasteiger partial charge in [0.05, 0.1) is 6.04 Å². The number of carbonyl (C=O) groups is 1. The molecule has 0 aliphatic rings. The minimum Gasteiger partial charge on any atom is -0.480 e. The lowest BCUT2D eigenvalue weighted by Gasteiger charge is -2.35. The van der Waals surface area contributed by atoms with E-state index in [2.05, 4.69) is 0 Å². The molecule has 1 atom stereocenters. The van der Waals surface area contributed by atoms with Crippen molar-refractivity contribution in [2.24, 2.45) is 0 Å².